The summed E-state index contributed by atoms with van der Waals surface area (Å²) in [6.07, 6.45) is 0.774. The number of ether oxygens (including phenoxy) is 4. The lowest BCUT2D eigenvalue weighted by molar-refractivity contribution is -0.138. The lowest BCUT2D eigenvalue weighted by atomic mass is 9.98. The first-order valence-electron chi connectivity index (χ1n) is 12.0. The highest BCUT2D eigenvalue weighted by atomic mass is 28.4. The zero-order chi connectivity index (χ0) is 25.7. The SMILES string of the molecule is COCO[C@@](C)(CC#C[C@H](O)C[C@@H](C)O[Si](C)(C)C(C)(C)C)CCOCOCc1ccccc1. The molecule has 6 nitrogen and oxygen atoms in total. The molecule has 1 N–H and O–H groups in total. The van der Waals surface area contributed by atoms with Crippen molar-refractivity contribution in [3.63, 3.8) is 0 Å². The van der Waals surface area contributed by atoms with E-state index >= 15 is 0 Å². The maximum atomic E-state index is 10.4. The summed E-state index contributed by atoms with van der Waals surface area (Å²) in [6.45, 7) is 16.4. The molecular formula is C27H46O6Si. The lowest BCUT2D eigenvalue weighted by Gasteiger charge is -2.38. The van der Waals surface area contributed by atoms with Gasteiger partial charge in [0.05, 0.1) is 18.8 Å². The van der Waals surface area contributed by atoms with Gasteiger partial charge in [0.1, 0.15) is 19.7 Å². The topological polar surface area (TPSA) is 66.4 Å². The number of benzene rings is 1. The summed E-state index contributed by atoms with van der Waals surface area (Å²) < 4.78 is 28.5. The first-order chi connectivity index (χ1) is 15.9. The Bertz CT molecular complexity index is 737. The Morgan fingerprint density at radius 3 is 2.32 bits per heavy atom. The van der Waals surface area contributed by atoms with E-state index in [0.29, 0.717) is 32.5 Å². The van der Waals surface area contributed by atoms with E-state index in [9.17, 15) is 5.11 Å². The van der Waals surface area contributed by atoms with Crippen LogP contribution >= 0.6 is 0 Å². The number of aliphatic hydroxyl groups excluding tert-OH is 1. The van der Waals surface area contributed by atoms with Crippen molar-refractivity contribution in [2.75, 3.05) is 27.3 Å². The fourth-order valence-electron chi connectivity index (χ4n) is 3.01. The van der Waals surface area contributed by atoms with Crippen molar-refractivity contribution >= 4 is 8.32 Å². The minimum absolute atomic E-state index is 0.0504. The van der Waals surface area contributed by atoms with E-state index < -0.39 is 20.0 Å². The molecule has 0 saturated heterocycles. The highest BCUT2D eigenvalue weighted by Gasteiger charge is 2.38. The van der Waals surface area contributed by atoms with Crippen LogP contribution in [0.3, 0.4) is 0 Å². The molecule has 0 fully saturated rings. The fourth-order valence-corrected chi connectivity index (χ4v) is 4.47. The maximum absolute atomic E-state index is 10.4. The number of hydrogen-bond acceptors (Lipinski definition) is 6. The van der Waals surface area contributed by atoms with Crippen molar-refractivity contribution in [2.45, 2.75) is 96.4 Å². The van der Waals surface area contributed by atoms with Gasteiger partial charge in [-0.2, -0.15) is 0 Å². The molecule has 0 aliphatic carbocycles. The molecule has 0 bridgehead atoms. The summed E-state index contributed by atoms with van der Waals surface area (Å²) >= 11 is 0. The van der Waals surface area contributed by atoms with Crippen LogP contribution in [0.15, 0.2) is 30.3 Å². The molecule has 34 heavy (non-hydrogen) atoms. The average molecular weight is 495 g/mol. The van der Waals surface area contributed by atoms with Crippen LogP contribution in [0.5, 0.6) is 0 Å². The van der Waals surface area contributed by atoms with Crippen LogP contribution in [-0.4, -0.2) is 58.5 Å². The summed E-state index contributed by atoms with van der Waals surface area (Å²) in [4.78, 5) is 0. The second kappa shape index (κ2) is 15.0. The Labute approximate surface area is 208 Å². The van der Waals surface area contributed by atoms with Gasteiger partial charge in [-0.25, -0.2) is 0 Å². The second-order valence-corrected chi connectivity index (χ2v) is 15.3. The Morgan fingerprint density at radius 2 is 1.71 bits per heavy atom. The van der Waals surface area contributed by atoms with Gasteiger partial charge in [0.2, 0.25) is 0 Å². The van der Waals surface area contributed by atoms with Crippen molar-refractivity contribution < 1.29 is 28.5 Å². The van der Waals surface area contributed by atoms with E-state index in [-0.39, 0.29) is 24.7 Å². The van der Waals surface area contributed by atoms with Gasteiger partial charge in [0.15, 0.2) is 8.32 Å². The molecule has 0 saturated carbocycles. The molecule has 0 radical (unpaired) electrons. The van der Waals surface area contributed by atoms with Crippen LogP contribution in [0.1, 0.15) is 59.4 Å². The normalized spacial score (nSPS) is 15.8. The van der Waals surface area contributed by atoms with Gasteiger partial charge in [-0.05, 0) is 37.5 Å². The van der Waals surface area contributed by atoms with Gasteiger partial charge < -0.3 is 28.5 Å². The highest BCUT2D eigenvalue weighted by Crippen LogP contribution is 2.37. The minimum atomic E-state index is -1.87. The molecule has 0 spiro atoms. The number of rotatable bonds is 15. The molecule has 194 valence electrons. The summed E-state index contributed by atoms with van der Waals surface area (Å²) in [5.41, 5.74) is 0.558. The van der Waals surface area contributed by atoms with Crippen LogP contribution in [0, 0.1) is 11.8 Å². The predicted molar refractivity (Wildman–Crippen MR) is 139 cm³/mol. The average Bonchev–Trinajstić information content (AvgIpc) is 2.74. The predicted octanol–water partition coefficient (Wildman–Crippen LogP) is 5.50. The maximum Gasteiger partial charge on any atom is 0.192 e. The standard InChI is InChI=1S/C27H46O6Si/c1-23(33-34(7,8)26(2,3)4)19-25(28)15-12-16-27(5,32-21-29-6)17-18-30-22-31-20-24-13-10-9-11-14-24/h9-11,13-14,23,25,28H,16-22H2,1-8H3/t23-,25+,27+/m1/s1. The molecule has 0 aromatic heterocycles. The fraction of sp³-hybridized carbons (Fsp3) is 0.704. The summed E-state index contributed by atoms with van der Waals surface area (Å²) in [7, 11) is -0.282. The molecule has 3 atom stereocenters. The zero-order valence-electron chi connectivity index (χ0n) is 22.5. The smallest absolute Gasteiger partial charge is 0.192 e. The molecule has 1 aromatic rings. The Balaban J connectivity index is 2.46. The van der Waals surface area contributed by atoms with E-state index in [0.717, 1.165) is 5.56 Å². The molecule has 1 rings (SSSR count). The van der Waals surface area contributed by atoms with Crippen molar-refractivity contribution in [3.8, 4) is 11.8 Å². The summed E-state index contributed by atoms with van der Waals surface area (Å²) in [6, 6.07) is 9.98. The molecule has 0 amide bonds. The third-order valence-electron chi connectivity index (χ3n) is 6.17. The van der Waals surface area contributed by atoms with Crippen LogP contribution in [0.25, 0.3) is 0 Å². The van der Waals surface area contributed by atoms with Gasteiger partial charge in [0.25, 0.3) is 0 Å². The Morgan fingerprint density at radius 1 is 1.03 bits per heavy atom. The second-order valence-electron chi connectivity index (χ2n) is 10.5. The molecule has 0 heterocycles. The zero-order valence-corrected chi connectivity index (χ0v) is 23.5. The largest absolute Gasteiger partial charge is 0.414 e. The van der Waals surface area contributed by atoms with Gasteiger partial charge in [-0.15, -0.1) is 0 Å². The number of aliphatic hydroxyl groups is 1. The Hall–Kier alpha value is -1.24. The molecule has 0 unspecified atom stereocenters. The van der Waals surface area contributed by atoms with Crippen molar-refractivity contribution in [1.82, 2.24) is 0 Å². The van der Waals surface area contributed by atoms with Crippen LogP contribution < -0.4 is 0 Å². The Kier molecular flexibility index (Phi) is 13.6. The van der Waals surface area contributed by atoms with Crippen LogP contribution in [0.4, 0.5) is 0 Å². The van der Waals surface area contributed by atoms with Crippen molar-refractivity contribution in [1.29, 1.82) is 0 Å². The van der Waals surface area contributed by atoms with Crippen molar-refractivity contribution in [2.24, 2.45) is 0 Å². The summed E-state index contributed by atoms with van der Waals surface area (Å²) in [5, 5.41) is 10.5. The third kappa shape index (κ3) is 12.5. The quantitative estimate of drug-likeness (QED) is 0.150. The van der Waals surface area contributed by atoms with Crippen LogP contribution in [0.2, 0.25) is 18.1 Å². The first-order valence-corrected chi connectivity index (χ1v) is 15.0. The van der Waals surface area contributed by atoms with E-state index in [1.54, 1.807) is 7.11 Å². The first kappa shape index (κ1) is 30.8. The molecule has 0 aliphatic heterocycles. The van der Waals surface area contributed by atoms with Gasteiger partial charge in [-0.1, -0.05) is 62.9 Å². The number of methoxy groups -OCH3 is 1. The molecule has 7 heteroatoms. The van der Waals surface area contributed by atoms with E-state index in [2.05, 4.69) is 45.7 Å². The molecule has 1 aromatic carbocycles. The van der Waals surface area contributed by atoms with Gasteiger partial charge >= 0.3 is 0 Å². The summed E-state index contributed by atoms with van der Waals surface area (Å²) in [5.74, 6) is 6.05. The lowest BCUT2D eigenvalue weighted by Crippen LogP contribution is -2.43. The molecule has 0 aliphatic rings. The number of hydrogen-bond donors (Lipinski definition) is 1. The van der Waals surface area contributed by atoms with E-state index in [4.69, 9.17) is 23.4 Å². The van der Waals surface area contributed by atoms with Gasteiger partial charge in [-0.3, -0.25) is 0 Å². The minimum Gasteiger partial charge on any atom is -0.414 e. The van der Waals surface area contributed by atoms with Crippen LogP contribution in [-0.2, 0) is 30.0 Å². The van der Waals surface area contributed by atoms with E-state index in [1.807, 2.05) is 44.2 Å². The highest BCUT2D eigenvalue weighted by molar-refractivity contribution is 6.74. The van der Waals surface area contributed by atoms with E-state index in [1.165, 1.54) is 0 Å². The third-order valence-corrected chi connectivity index (χ3v) is 10.8. The van der Waals surface area contributed by atoms with Crippen molar-refractivity contribution in [3.05, 3.63) is 35.9 Å². The molecular weight excluding hydrogens is 448 g/mol. The monoisotopic (exact) mass is 494 g/mol. The van der Waals surface area contributed by atoms with Gasteiger partial charge in [0, 0.05) is 32.5 Å².